The summed E-state index contributed by atoms with van der Waals surface area (Å²) in [6.45, 7) is 9.03. The first kappa shape index (κ1) is 11.6. The smallest absolute Gasteiger partial charge is 0.0712 e. The van der Waals surface area contributed by atoms with Crippen LogP contribution >= 0.6 is 0 Å². The second kappa shape index (κ2) is 4.21. The first-order chi connectivity index (χ1) is 7.48. The third-order valence-corrected chi connectivity index (χ3v) is 3.35. The summed E-state index contributed by atoms with van der Waals surface area (Å²) in [5.41, 5.74) is 2.90. The van der Waals surface area contributed by atoms with Crippen molar-refractivity contribution in [2.24, 2.45) is 7.05 Å². The number of aryl methyl sites for hydroxylation is 1. The zero-order valence-corrected chi connectivity index (χ0v) is 10.9. The van der Waals surface area contributed by atoms with Crippen molar-refractivity contribution in [2.75, 3.05) is 13.1 Å². The maximum absolute atomic E-state index is 4.65. The fraction of sp³-hybridized carbons (Fsp3) is 0.769. The van der Waals surface area contributed by atoms with E-state index in [1.165, 1.54) is 24.1 Å². The molecule has 1 aromatic rings. The van der Waals surface area contributed by atoms with E-state index in [2.05, 4.69) is 37.4 Å². The van der Waals surface area contributed by atoms with Crippen LogP contribution in [-0.4, -0.2) is 22.9 Å². The first-order valence-corrected chi connectivity index (χ1v) is 6.23. The van der Waals surface area contributed by atoms with E-state index in [4.69, 9.17) is 0 Å². The molecule has 3 nitrogen and oxygen atoms in total. The van der Waals surface area contributed by atoms with Crippen LogP contribution in [0, 0.1) is 0 Å². The molecule has 0 spiro atoms. The molecule has 0 saturated carbocycles. The third-order valence-electron chi connectivity index (χ3n) is 3.35. The van der Waals surface area contributed by atoms with Gasteiger partial charge in [0.15, 0.2) is 0 Å². The first-order valence-electron chi connectivity index (χ1n) is 6.23. The van der Waals surface area contributed by atoms with Crippen LogP contribution < -0.4 is 5.32 Å². The van der Waals surface area contributed by atoms with Gasteiger partial charge in [-0.25, -0.2) is 0 Å². The Balaban J connectivity index is 2.31. The maximum atomic E-state index is 4.65. The molecule has 1 aliphatic rings. The lowest BCUT2D eigenvalue weighted by atomic mass is 9.82. The van der Waals surface area contributed by atoms with Crippen LogP contribution in [0.1, 0.15) is 50.8 Å². The van der Waals surface area contributed by atoms with Crippen molar-refractivity contribution in [2.45, 2.75) is 44.9 Å². The lowest BCUT2D eigenvalue weighted by Gasteiger charge is -2.26. The summed E-state index contributed by atoms with van der Waals surface area (Å²) in [4.78, 5) is 0. The Morgan fingerprint density at radius 2 is 1.94 bits per heavy atom. The summed E-state index contributed by atoms with van der Waals surface area (Å²) < 4.78 is 1.97. The second-order valence-corrected chi connectivity index (χ2v) is 5.88. The molecule has 3 heteroatoms. The Kier molecular flexibility index (Phi) is 3.06. The minimum Gasteiger partial charge on any atom is -0.317 e. The second-order valence-electron chi connectivity index (χ2n) is 5.88. The number of hydrogen-bond acceptors (Lipinski definition) is 2. The Labute approximate surface area is 98.2 Å². The quantitative estimate of drug-likeness (QED) is 0.788. The third kappa shape index (κ3) is 2.29. The van der Waals surface area contributed by atoms with Gasteiger partial charge >= 0.3 is 0 Å². The van der Waals surface area contributed by atoms with Crippen molar-refractivity contribution in [1.82, 2.24) is 15.1 Å². The van der Waals surface area contributed by atoms with Crippen LogP contribution in [0.5, 0.6) is 0 Å². The fourth-order valence-electron chi connectivity index (χ4n) is 2.52. The summed E-state index contributed by atoms with van der Waals surface area (Å²) >= 11 is 0. The zero-order chi connectivity index (χ0) is 11.8. The van der Waals surface area contributed by atoms with Crippen molar-refractivity contribution in [3.05, 3.63) is 17.5 Å². The van der Waals surface area contributed by atoms with E-state index in [9.17, 15) is 0 Å². The van der Waals surface area contributed by atoms with E-state index in [0.29, 0.717) is 5.92 Å². The molecule has 0 aromatic carbocycles. The summed E-state index contributed by atoms with van der Waals surface area (Å²) in [5.74, 6) is 0.698. The normalized spacial score (nSPS) is 19.0. The van der Waals surface area contributed by atoms with Gasteiger partial charge in [-0.3, -0.25) is 4.68 Å². The van der Waals surface area contributed by atoms with E-state index in [1.54, 1.807) is 0 Å². The Morgan fingerprint density at radius 3 is 2.50 bits per heavy atom. The molecule has 1 aliphatic heterocycles. The number of aromatic nitrogens is 2. The van der Waals surface area contributed by atoms with Gasteiger partial charge in [-0.05, 0) is 37.4 Å². The maximum Gasteiger partial charge on any atom is 0.0712 e. The van der Waals surface area contributed by atoms with Gasteiger partial charge in [-0.15, -0.1) is 0 Å². The summed E-state index contributed by atoms with van der Waals surface area (Å²) in [6.07, 6.45) is 4.71. The highest BCUT2D eigenvalue weighted by Crippen LogP contribution is 2.33. The van der Waals surface area contributed by atoms with E-state index < -0.39 is 0 Å². The Hall–Kier alpha value is -0.830. The van der Waals surface area contributed by atoms with Crippen molar-refractivity contribution < 1.29 is 0 Å². The molecule has 0 aliphatic carbocycles. The van der Waals surface area contributed by atoms with Crippen LogP contribution in [0.4, 0.5) is 0 Å². The average molecular weight is 221 g/mol. The van der Waals surface area contributed by atoms with Crippen molar-refractivity contribution >= 4 is 0 Å². The molecule has 2 rings (SSSR count). The van der Waals surface area contributed by atoms with E-state index in [1.807, 2.05) is 11.7 Å². The Bertz CT molecular complexity index is 354. The van der Waals surface area contributed by atoms with Gasteiger partial charge in [0, 0.05) is 18.7 Å². The minimum atomic E-state index is 0.154. The summed E-state index contributed by atoms with van der Waals surface area (Å²) in [7, 11) is 2.03. The van der Waals surface area contributed by atoms with Gasteiger partial charge in [0.2, 0.25) is 0 Å². The fourth-order valence-corrected chi connectivity index (χ4v) is 2.52. The van der Waals surface area contributed by atoms with E-state index >= 15 is 0 Å². The number of hydrogen-bond donors (Lipinski definition) is 1. The van der Waals surface area contributed by atoms with Crippen molar-refractivity contribution in [1.29, 1.82) is 0 Å². The standard InChI is InChI=1S/C13H23N3/c1-13(2,3)12-11(9-16(4)15-12)10-5-7-14-8-6-10/h9-10,14H,5-8H2,1-4H3. The largest absolute Gasteiger partial charge is 0.317 e. The van der Waals surface area contributed by atoms with E-state index in [0.717, 1.165) is 13.1 Å². The molecule has 0 radical (unpaired) electrons. The van der Waals surface area contributed by atoms with Crippen LogP contribution in [0.2, 0.25) is 0 Å². The van der Waals surface area contributed by atoms with Crippen LogP contribution in [-0.2, 0) is 12.5 Å². The van der Waals surface area contributed by atoms with Gasteiger partial charge < -0.3 is 5.32 Å². The van der Waals surface area contributed by atoms with Gasteiger partial charge in [0.1, 0.15) is 0 Å². The highest BCUT2D eigenvalue weighted by atomic mass is 15.3. The lowest BCUT2D eigenvalue weighted by molar-refractivity contribution is 0.449. The minimum absolute atomic E-state index is 0.154. The SMILES string of the molecule is Cn1cc(C2CCNCC2)c(C(C)(C)C)n1. The predicted molar refractivity (Wildman–Crippen MR) is 66.8 cm³/mol. The lowest BCUT2D eigenvalue weighted by Crippen LogP contribution is -2.28. The van der Waals surface area contributed by atoms with Crippen LogP contribution in [0.25, 0.3) is 0 Å². The molecule has 90 valence electrons. The van der Waals surface area contributed by atoms with Crippen molar-refractivity contribution in [3.63, 3.8) is 0 Å². The molecule has 1 aromatic heterocycles. The number of nitrogens with one attached hydrogen (secondary N) is 1. The van der Waals surface area contributed by atoms with Gasteiger partial charge in [0.25, 0.3) is 0 Å². The highest BCUT2D eigenvalue weighted by Gasteiger charge is 2.27. The molecule has 2 heterocycles. The Morgan fingerprint density at radius 1 is 1.31 bits per heavy atom. The monoisotopic (exact) mass is 221 g/mol. The van der Waals surface area contributed by atoms with Gasteiger partial charge in [-0.1, -0.05) is 20.8 Å². The molecule has 1 N–H and O–H groups in total. The molecule has 0 bridgehead atoms. The molecule has 0 atom stereocenters. The van der Waals surface area contributed by atoms with Crippen LogP contribution in [0.15, 0.2) is 6.20 Å². The number of piperidine rings is 1. The summed E-state index contributed by atoms with van der Waals surface area (Å²) in [6, 6.07) is 0. The van der Waals surface area contributed by atoms with E-state index in [-0.39, 0.29) is 5.41 Å². The molecule has 0 unspecified atom stereocenters. The highest BCUT2D eigenvalue weighted by molar-refractivity contribution is 5.28. The van der Waals surface area contributed by atoms with Crippen molar-refractivity contribution in [3.8, 4) is 0 Å². The molecule has 16 heavy (non-hydrogen) atoms. The van der Waals surface area contributed by atoms with Crippen LogP contribution in [0.3, 0.4) is 0 Å². The summed E-state index contributed by atoms with van der Waals surface area (Å²) in [5, 5.41) is 8.08. The topological polar surface area (TPSA) is 29.9 Å². The number of rotatable bonds is 1. The number of nitrogens with zero attached hydrogens (tertiary/aromatic N) is 2. The predicted octanol–water partition coefficient (Wildman–Crippen LogP) is 2.18. The molecular weight excluding hydrogens is 198 g/mol. The van der Waals surface area contributed by atoms with Gasteiger partial charge in [-0.2, -0.15) is 5.10 Å². The average Bonchev–Trinajstić information content (AvgIpc) is 2.61. The molecular formula is C13H23N3. The zero-order valence-electron chi connectivity index (χ0n) is 10.9. The van der Waals surface area contributed by atoms with Gasteiger partial charge in [0.05, 0.1) is 5.69 Å². The molecule has 1 saturated heterocycles. The molecule has 0 amide bonds. The molecule has 1 fully saturated rings.